The van der Waals surface area contributed by atoms with Gasteiger partial charge in [-0.25, -0.2) is 8.78 Å². The highest BCUT2D eigenvalue weighted by Gasteiger charge is 2.37. The largest absolute Gasteiger partial charge is 0.417 e. The zero-order chi connectivity index (χ0) is 21.4. The highest BCUT2D eigenvalue weighted by Crippen LogP contribution is 2.33. The zero-order valence-corrected chi connectivity index (χ0v) is 13.8. The van der Waals surface area contributed by atoms with E-state index in [2.05, 4.69) is 0 Å². The number of hydrogen-bond acceptors (Lipinski definition) is 2. The lowest BCUT2D eigenvalue weighted by Gasteiger charge is -2.19. The summed E-state index contributed by atoms with van der Waals surface area (Å²) in [4.78, 5) is 24.5. The minimum Gasteiger partial charge on any atom is -0.278 e. The van der Waals surface area contributed by atoms with Crippen molar-refractivity contribution in [2.24, 2.45) is 0 Å². The van der Waals surface area contributed by atoms with Gasteiger partial charge in [0.05, 0.1) is 16.7 Å². The van der Waals surface area contributed by atoms with E-state index < -0.39 is 58.1 Å². The molecule has 2 amide bonds. The van der Waals surface area contributed by atoms with Crippen molar-refractivity contribution in [2.75, 3.05) is 7.05 Å². The molecule has 0 radical (unpaired) electrons. The summed E-state index contributed by atoms with van der Waals surface area (Å²) in [7, 11) is 0.674. The molecule has 3 nitrogen and oxygen atoms in total. The molecule has 2 rings (SSSR count). The molecule has 0 aromatic heterocycles. The molecule has 0 saturated carbocycles. The van der Waals surface area contributed by atoms with Crippen molar-refractivity contribution in [1.82, 2.24) is 4.90 Å². The first-order valence-corrected chi connectivity index (χ1v) is 7.28. The highest BCUT2D eigenvalue weighted by molar-refractivity contribution is 6.10. The van der Waals surface area contributed by atoms with E-state index >= 15 is 0 Å². The van der Waals surface area contributed by atoms with Crippen LogP contribution in [-0.4, -0.2) is 23.8 Å². The first kappa shape index (κ1) is 21.3. The Hall–Kier alpha value is -2.98. The van der Waals surface area contributed by atoms with Gasteiger partial charge in [0, 0.05) is 12.6 Å². The van der Waals surface area contributed by atoms with E-state index in [9.17, 15) is 44.7 Å². The Morgan fingerprint density at radius 3 is 1.93 bits per heavy atom. The second-order valence-electron chi connectivity index (χ2n) is 5.58. The van der Waals surface area contributed by atoms with E-state index in [0.717, 1.165) is 0 Å². The van der Waals surface area contributed by atoms with Gasteiger partial charge in [0.25, 0.3) is 11.8 Å². The molecule has 28 heavy (non-hydrogen) atoms. The van der Waals surface area contributed by atoms with Gasteiger partial charge in [-0.05, 0) is 36.4 Å². The molecule has 2 aromatic rings. The van der Waals surface area contributed by atoms with E-state index in [0.29, 0.717) is 19.2 Å². The maximum atomic E-state index is 13.4. The van der Waals surface area contributed by atoms with Crippen LogP contribution in [0.2, 0.25) is 0 Å². The molecular weight excluding hydrogens is 402 g/mol. The molecular formula is C17H9F8NO2. The zero-order valence-electron chi connectivity index (χ0n) is 13.8. The van der Waals surface area contributed by atoms with Gasteiger partial charge in [-0.1, -0.05) is 0 Å². The lowest BCUT2D eigenvalue weighted by atomic mass is 10.0. The molecule has 0 bridgehead atoms. The first-order valence-electron chi connectivity index (χ1n) is 7.28. The van der Waals surface area contributed by atoms with Gasteiger partial charge < -0.3 is 0 Å². The molecule has 0 aliphatic carbocycles. The minimum absolute atomic E-state index is 0.0406. The number of carbonyl (C=O) groups excluding carboxylic acids is 2. The molecule has 11 heteroatoms. The van der Waals surface area contributed by atoms with Gasteiger partial charge in [-0.15, -0.1) is 0 Å². The summed E-state index contributed by atoms with van der Waals surface area (Å²) in [5.74, 6) is -5.79. The van der Waals surface area contributed by atoms with Gasteiger partial charge in [0.1, 0.15) is 11.6 Å². The normalized spacial score (nSPS) is 12.0. The number of imide groups is 1. The fourth-order valence-electron chi connectivity index (χ4n) is 2.28. The van der Waals surface area contributed by atoms with Crippen LogP contribution in [0, 0.1) is 11.6 Å². The van der Waals surface area contributed by atoms with Gasteiger partial charge in [-0.3, -0.25) is 14.5 Å². The Kier molecular flexibility index (Phi) is 5.49. The Morgan fingerprint density at radius 2 is 1.39 bits per heavy atom. The van der Waals surface area contributed by atoms with Crippen molar-refractivity contribution in [1.29, 1.82) is 0 Å². The van der Waals surface area contributed by atoms with E-state index in [1.165, 1.54) is 0 Å². The van der Waals surface area contributed by atoms with Crippen molar-refractivity contribution >= 4 is 11.8 Å². The average molecular weight is 411 g/mol. The molecule has 0 atom stereocenters. The fourth-order valence-corrected chi connectivity index (χ4v) is 2.28. The van der Waals surface area contributed by atoms with Gasteiger partial charge in [0.2, 0.25) is 0 Å². The van der Waals surface area contributed by atoms with Crippen molar-refractivity contribution < 1.29 is 44.7 Å². The number of amides is 2. The van der Waals surface area contributed by atoms with Crippen LogP contribution in [0.1, 0.15) is 31.8 Å². The first-order chi connectivity index (χ1) is 12.7. The highest BCUT2D eigenvalue weighted by atomic mass is 19.4. The molecule has 150 valence electrons. The second-order valence-corrected chi connectivity index (χ2v) is 5.58. The summed E-state index contributed by atoms with van der Waals surface area (Å²) in [6.45, 7) is 0. The van der Waals surface area contributed by atoms with Crippen LogP contribution in [0.25, 0.3) is 0 Å². The summed E-state index contributed by atoms with van der Waals surface area (Å²) < 4.78 is 104. The number of hydrogen-bond donors (Lipinski definition) is 0. The molecule has 0 heterocycles. The number of rotatable bonds is 2. The third-order valence-electron chi connectivity index (χ3n) is 3.60. The Morgan fingerprint density at radius 1 is 0.786 bits per heavy atom. The second kappa shape index (κ2) is 7.21. The van der Waals surface area contributed by atoms with E-state index in [-0.39, 0.29) is 29.2 Å². The van der Waals surface area contributed by atoms with Gasteiger partial charge >= 0.3 is 12.4 Å². The van der Waals surface area contributed by atoms with Crippen molar-refractivity contribution in [3.8, 4) is 0 Å². The number of alkyl halides is 6. The van der Waals surface area contributed by atoms with E-state index in [4.69, 9.17) is 0 Å². The summed E-state index contributed by atoms with van der Waals surface area (Å²) in [5, 5.41) is 0. The van der Waals surface area contributed by atoms with E-state index in [1.807, 2.05) is 0 Å². The number of benzene rings is 2. The van der Waals surface area contributed by atoms with Crippen molar-refractivity contribution in [3.63, 3.8) is 0 Å². The molecule has 0 aliphatic heterocycles. The van der Waals surface area contributed by atoms with Crippen LogP contribution in [0.15, 0.2) is 36.4 Å². The number of carbonyl (C=O) groups is 2. The Labute approximate surface area is 152 Å². The monoisotopic (exact) mass is 411 g/mol. The van der Waals surface area contributed by atoms with Crippen LogP contribution in [-0.2, 0) is 12.4 Å². The molecule has 0 saturated heterocycles. The topological polar surface area (TPSA) is 37.4 Å². The summed E-state index contributed by atoms with van der Waals surface area (Å²) in [6.07, 6.45) is -10.1. The molecule has 0 fully saturated rings. The average Bonchev–Trinajstić information content (AvgIpc) is 2.57. The maximum absolute atomic E-state index is 13.4. The predicted molar refractivity (Wildman–Crippen MR) is 79.2 cm³/mol. The lowest BCUT2D eigenvalue weighted by molar-refractivity contribution is -0.138. The molecule has 0 unspecified atom stereocenters. The fraction of sp³-hybridized carbons (Fsp3) is 0.176. The predicted octanol–water partition coefficient (Wildman–Crippen LogP) is 4.91. The van der Waals surface area contributed by atoms with Crippen LogP contribution < -0.4 is 0 Å². The third-order valence-corrected chi connectivity index (χ3v) is 3.60. The quantitative estimate of drug-likeness (QED) is 0.520. The van der Waals surface area contributed by atoms with E-state index in [1.54, 1.807) is 0 Å². The maximum Gasteiger partial charge on any atom is 0.417 e. The molecule has 0 N–H and O–H groups in total. The Bertz CT molecular complexity index is 934. The van der Waals surface area contributed by atoms with Crippen LogP contribution in [0.3, 0.4) is 0 Å². The summed E-state index contributed by atoms with van der Waals surface area (Å²) >= 11 is 0. The number of halogens is 8. The summed E-state index contributed by atoms with van der Waals surface area (Å²) in [6, 6.07) is 1.70. The van der Waals surface area contributed by atoms with Crippen LogP contribution in [0.5, 0.6) is 0 Å². The molecule has 2 aromatic carbocycles. The molecule has 0 spiro atoms. The SMILES string of the molecule is CN(C(=O)c1cc(F)cc(C(F)(F)F)c1)C(=O)c1cc(F)ccc1C(F)(F)F. The van der Waals surface area contributed by atoms with Crippen LogP contribution >= 0.6 is 0 Å². The third kappa shape index (κ3) is 4.46. The summed E-state index contributed by atoms with van der Waals surface area (Å²) in [5.41, 5.74) is -5.23. The molecule has 0 aliphatic rings. The van der Waals surface area contributed by atoms with Crippen molar-refractivity contribution in [3.05, 3.63) is 70.3 Å². The van der Waals surface area contributed by atoms with Gasteiger partial charge in [-0.2, -0.15) is 26.3 Å². The van der Waals surface area contributed by atoms with Gasteiger partial charge in [0.15, 0.2) is 0 Å². The lowest BCUT2D eigenvalue weighted by Crippen LogP contribution is -2.34. The smallest absolute Gasteiger partial charge is 0.278 e. The van der Waals surface area contributed by atoms with Crippen molar-refractivity contribution in [2.45, 2.75) is 12.4 Å². The number of nitrogens with zero attached hydrogens (tertiary/aromatic N) is 1. The minimum atomic E-state index is -5.06. The van der Waals surface area contributed by atoms with Crippen LogP contribution in [0.4, 0.5) is 35.1 Å². The Balaban J connectivity index is 2.46. The standard InChI is InChI=1S/C17H9F8NO2/c1-26(14(27)8-4-9(16(20,21)22)6-11(19)5-8)15(28)12-7-10(18)2-3-13(12)17(23,24)25/h2-7H,1H3.